The van der Waals surface area contributed by atoms with Crippen molar-refractivity contribution in [3.63, 3.8) is 0 Å². The first-order valence-corrected chi connectivity index (χ1v) is 7.48. The number of nitrogens with one attached hydrogen (secondary N) is 1. The molecule has 0 unspecified atom stereocenters. The quantitative estimate of drug-likeness (QED) is 0.798. The second-order valence-electron chi connectivity index (χ2n) is 5.23. The summed E-state index contributed by atoms with van der Waals surface area (Å²) < 4.78 is 33.1. The van der Waals surface area contributed by atoms with Crippen LogP contribution in [0.3, 0.4) is 0 Å². The van der Waals surface area contributed by atoms with E-state index < -0.39 is 31.0 Å². The Labute approximate surface area is 147 Å². The standard InChI is InChI=1S/C18H15F2NO5/c1-11-3-2-4-13(9-11)17(24)25-10-15(22)21-16(23)12-5-7-14(8-6-12)26-18(19)20/h2-9,18H,10H2,1H3,(H,21,22,23). The Kier molecular flexibility index (Phi) is 6.37. The maximum absolute atomic E-state index is 12.1. The number of rotatable bonds is 6. The molecule has 0 heterocycles. The highest BCUT2D eigenvalue weighted by atomic mass is 19.3. The van der Waals surface area contributed by atoms with Gasteiger partial charge < -0.3 is 9.47 Å². The first-order chi connectivity index (χ1) is 12.3. The van der Waals surface area contributed by atoms with Crippen molar-refractivity contribution in [2.24, 2.45) is 0 Å². The van der Waals surface area contributed by atoms with E-state index in [0.29, 0.717) is 5.56 Å². The topological polar surface area (TPSA) is 81.7 Å². The molecular weight excluding hydrogens is 348 g/mol. The Morgan fingerprint density at radius 2 is 1.73 bits per heavy atom. The Balaban J connectivity index is 1.85. The van der Waals surface area contributed by atoms with E-state index in [-0.39, 0.29) is 11.3 Å². The summed E-state index contributed by atoms with van der Waals surface area (Å²) in [7, 11) is 0. The lowest BCUT2D eigenvalue weighted by Gasteiger charge is -2.07. The first-order valence-electron chi connectivity index (χ1n) is 7.48. The number of benzene rings is 2. The number of carbonyl (C=O) groups excluding carboxylic acids is 3. The van der Waals surface area contributed by atoms with Gasteiger partial charge in [-0.1, -0.05) is 17.7 Å². The third kappa shape index (κ3) is 5.66. The summed E-state index contributed by atoms with van der Waals surface area (Å²) in [6, 6.07) is 11.4. The molecule has 0 aromatic heterocycles. The Morgan fingerprint density at radius 1 is 1.04 bits per heavy atom. The molecule has 0 saturated heterocycles. The molecule has 0 bridgehead atoms. The molecule has 136 valence electrons. The summed E-state index contributed by atoms with van der Waals surface area (Å²) in [5.74, 6) is -2.38. The summed E-state index contributed by atoms with van der Waals surface area (Å²) in [5, 5.41) is 2.03. The second kappa shape index (κ2) is 8.70. The normalized spacial score (nSPS) is 10.3. The molecule has 26 heavy (non-hydrogen) atoms. The average Bonchev–Trinajstić information content (AvgIpc) is 2.59. The molecule has 0 radical (unpaired) electrons. The molecule has 2 aromatic rings. The van der Waals surface area contributed by atoms with Crippen LogP contribution in [0.25, 0.3) is 0 Å². The van der Waals surface area contributed by atoms with Crippen molar-refractivity contribution in [1.29, 1.82) is 0 Å². The molecule has 0 fully saturated rings. The Bertz CT molecular complexity index is 805. The zero-order valence-electron chi connectivity index (χ0n) is 13.7. The van der Waals surface area contributed by atoms with Gasteiger partial charge >= 0.3 is 12.6 Å². The predicted molar refractivity (Wildman–Crippen MR) is 87.0 cm³/mol. The van der Waals surface area contributed by atoms with Gasteiger partial charge in [0.2, 0.25) is 0 Å². The highest BCUT2D eigenvalue weighted by molar-refractivity contribution is 6.05. The van der Waals surface area contributed by atoms with Crippen LogP contribution < -0.4 is 10.1 Å². The third-order valence-corrected chi connectivity index (χ3v) is 3.18. The van der Waals surface area contributed by atoms with E-state index in [1.54, 1.807) is 31.2 Å². The van der Waals surface area contributed by atoms with Gasteiger partial charge in [0.1, 0.15) is 5.75 Å². The average molecular weight is 363 g/mol. The number of hydrogen-bond donors (Lipinski definition) is 1. The maximum Gasteiger partial charge on any atom is 0.387 e. The van der Waals surface area contributed by atoms with Gasteiger partial charge in [-0.25, -0.2) is 4.79 Å². The largest absolute Gasteiger partial charge is 0.452 e. The number of halogens is 2. The van der Waals surface area contributed by atoms with E-state index >= 15 is 0 Å². The zero-order valence-corrected chi connectivity index (χ0v) is 13.7. The van der Waals surface area contributed by atoms with Gasteiger partial charge in [-0.2, -0.15) is 8.78 Å². The van der Waals surface area contributed by atoms with Crippen LogP contribution in [0.1, 0.15) is 26.3 Å². The molecule has 0 atom stereocenters. The minimum Gasteiger partial charge on any atom is -0.452 e. The molecule has 0 aliphatic carbocycles. The third-order valence-electron chi connectivity index (χ3n) is 3.18. The first kappa shape index (κ1) is 19.0. The van der Waals surface area contributed by atoms with Gasteiger partial charge in [-0.15, -0.1) is 0 Å². The van der Waals surface area contributed by atoms with Crippen LogP contribution in [0.5, 0.6) is 5.75 Å². The fourth-order valence-corrected chi connectivity index (χ4v) is 2.01. The highest BCUT2D eigenvalue weighted by Crippen LogP contribution is 2.14. The van der Waals surface area contributed by atoms with Crippen LogP contribution in [-0.2, 0) is 9.53 Å². The van der Waals surface area contributed by atoms with Crippen LogP contribution in [0.2, 0.25) is 0 Å². The van der Waals surface area contributed by atoms with Gasteiger partial charge in [0.05, 0.1) is 5.56 Å². The van der Waals surface area contributed by atoms with E-state index in [2.05, 4.69) is 4.74 Å². The van der Waals surface area contributed by atoms with Crippen molar-refractivity contribution in [3.8, 4) is 5.75 Å². The van der Waals surface area contributed by atoms with Gasteiger partial charge in [0, 0.05) is 5.56 Å². The number of carbonyl (C=O) groups is 3. The fraction of sp³-hybridized carbons (Fsp3) is 0.167. The lowest BCUT2D eigenvalue weighted by molar-refractivity contribution is -0.123. The number of amides is 2. The van der Waals surface area contributed by atoms with Crippen LogP contribution in [0.4, 0.5) is 8.78 Å². The molecule has 1 N–H and O–H groups in total. The molecule has 0 saturated carbocycles. The Morgan fingerprint density at radius 3 is 2.35 bits per heavy atom. The molecule has 2 rings (SSSR count). The summed E-state index contributed by atoms with van der Waals surface area (Å²) in [4.78, 5) is 35.4. The number of ether oxygens (including phenoxy) is 2. The van der Waals surface area contributed by atoms with E-state index in [1.165, 1.54) is 24.3 Å². The second-order valence-corrected chi connectivity index (χ2v) is 5.23. The molecule has 2 amide bonds. The number of alkyl halides is 2. The molecule has 0 spiro atoms. The van der Waals surface area contributed by atoms with Gasteiger partial charge in [-0.3, -0.25) is 14.9 Å². The minimum absolute atomic E-state index is 0.0602. The molecule has 6 nitrogen and oxygen atoms in total. The van der Waals surface area contributed by atoms with Crippen LogP contribution in [0.15, 0.2) is 48.5 Å². The Hall–Kier alpha value is -3.29. The fourth-order valence-electron chi connectivity index (χ4n) is 2.01. The molecule has 8 heteroatoms. The van der Waals surface area contributed by atoms with Gasteiger partial charge in [0.15, 0.2) is 6.61 Å². The van der Waals surface area contributed by atoms with Crippen LogP contribution in [0, 0.1) is 6.92 Å². The minimum atomic E-state index is -2.97. The van der Waals surface area contributed by atoms with Crippen molar-refractivity contribution < 1.29 is 32.6 Å². The van der Waals surface area contributed by atoms with Crippen molar-refractivity contribution >= 4 is 17.8 Å². The lowest BCUT2D eigenvalue weighted by atomic mass is 10.1. The molecule has 0 aliphatic heterocycles. The van der Waals surface area contributed by atoms with Crippen molar-refractivity contribution in [1.82, 2.24) is 5.32 Å². The van der Waals surface area contributed by atoms with E-state index in [9.17, 15) is 23.2 Å². The van der Waals surface area contributed by atoms with E-state index in [4.69, 9.17) is 4.74 Å². The number of esters is 1. The lowest BCUT2D eigenvalue weighted by Crippen LogP contribution is -2.34. The smallest absolute Gasteiger partial charge is 0.387 e. The summed E-state index contributed by atoms with van der Waals surface area (Å²) in [5.41, 5.74) is 1.21. The van der Waals surface area contributed by atoms with Crippen LogP contribution >= 0.6 is 0 Å². The summed E-state index contributed by atoms with van der Waals surface area (Å²) in [6.07, 6.45) is 0. The number of hydrogen-bond acceptors (Lipinski definition) is 5. The van der Waals surface area contributed by atoms with Crippen molar-refractivity contribution in [2.45, 2.75) is 13.5 Å². The van der Waals surface area contributed by atoms with Gasteiger partial charge in [0.25, 0.3) is 11.8 Å². The molecule has 0 aliphatic rings. The maximum atomic E-state index is 12.1. The molecular formula is C18H15F2NO5. The highest BCUT2D eigenvalue weighted by Gasteiger charge is 2.14. The summed E-state index contributed by atoms with van der Waals surface area (Å²) >= 11 is 0. The van der Waals surface area contributed by atoms with E-state index in [1.807, 2.05) is 5.32 Å². The number of imide groups is 1. The van der Waals surface area contributed by atoms with Crippen LogP contribution in [-0.4, -0.2) is 31.0 Å². The molecule has 2 aromatic carbocycles. The van der Waals surface area contributed by atoms with E-state index in [0.717, 1.165) is 5.56 Å². The van der Waals surface area contributed by atoms with Crippen molar-refractivity contribution in [2.75, 3.05) is 6.61 Å². The predicted octanol–water partition coefficient (Wildman–Crippen LogP) is 2.71. The monoisotopic (exact) mass is 363 g/mol. The zero-order chi connectivity index (χ0) is 19.1. The van der Waals surface area contributed by atoms with Crippen molar-refractivity contribution in [3.05, 3.63) is 65.2 Å². The van der Waals surface area contributed by atoms with Gasteiger partial charge in [-0.05, 0) is 43.3 Å². The summed E-state index contributed by atoms with van der Waals surface area (Å²) in [6.45, 7) is -1.80. The SMILES string of the molecule is Cc1cccc(C(=O)OCC(=O)NC(=O)c2ccc(OC(F)F)cc2)c1. The number of aryl methyl sites for hydroxylation is 1.